The molecular weight excluding hydrogens is 228 g/mol. The van der Waals surface area contributed by atoms with Gasteiger partial charge in [-0.1, -0.05) is 6.92 Å². The molecule has 18 heavy (non-hydrogen) atoms. The Labute approximate surface area is 108 Å². The summed E-state index contributed by atoms with van der Waals surface area (Å²) in [6.45, 7) is 6.76. The Hall–Kier alpha value is -1.29. The lowest BCUT2D eigenvalue weighted by molar-refractivity contribution is 0.0703. The second-order valence-corrected chi connectivity index (χ2v) is 4.91. The number of nitrogens with zero attached hydrogens (tertiary/aromatic N) is 1. The van der Waals surface area contributed by atoms with Crippen LogP contribution < -0.4 is 5.32 Å². The van der Waals surface area contributed by atoms with E-state index < -0.39 is 0 Å². The fourth-order valence-electron chi connectivity index (χ4n) is 2.41. The molecular formula is C14H22N2O2. The summed E-state index contributed by atoms with van der Waals surface area (Å²) >= 11 is 0. The van der Waals surface area contributed by atoms with Gasteiger partial charge in [0.15, 0.2) is 0 Å². The highest BCUT2D eigenvalue weighted by molar-refractivity contribution is 5.95. The normalized spacial score (nSPS) is 17.1. The first kappa shape index (κ1) is 13.1. The summed E-state index contributed by atoms with van der Waals surface area (Å²) in [5, 5.41) is 3.52. The van der Waals surface area contributed by atoms with Gasteiger partial charge in [0.2, 0.25) is 0 Å². The Balaban J connectivity index is 1.86. The molecule has 0 saturated carbocycles. The molecule has 1 saturated heterocycles. The fraction of sp³-hybridized carbons (Fsp3) is 0.643. The maximum Gasteiger partial charge on any atom is 0.257 e. The van der Waals surface area contributed by atoms with Crippen LogP contribution in [0.25, 0.3) is 0 Å². The SMILES string of the molecule is CCCNC1CCN(C(=O)c2ccoc2C)CC1. The molecule has 2 heterocycles. The Bertz CT molecular complexity index is 392. The number of hydrogen-bond acceptors (Lipinski definition) is 3. The predicted octanol–water partition coefficient (Wildman–Crippen LogP) is 2.19. The third-order valence-electron chi connectivity index (χ3n) is 3.55. The van der Waals surface area contributed by atoms with E-state index in [4.69, 9.17) is 4.42 Å². The number of aryl methyl sites for hydroxylation is 1. The van der Waals surface area contributed by atoms with Gasteiger partial charge >= 0.3 is 0 Å². The van der Waals surface area contributed by atoms with Crippen molar-refractivity contribution in [3.8, 4) is 0 Å². The van der Waals surface area contributed by atoms with Crippen molar-refractivity contribution in [1.82, 2.24) is 10.2 Å². The molecule has 1 N–H and O–H groups in total. The highest BCUT2D eigenvalue weighted by Gasteiger charge is 2.24. The molecule has 0 radical (unpaired) electrons. The maximum absolute atomic E-state index is 12.2. The van der Waals surface area contributed by atoms with Gasteiger partial charge in [-0.05, 0) is 38.8 Å². The van der Waals surface area contributed by atoms with Crippen LogP contribution in [0.5, 0.6) is 0 Å². The molecule has 0 atom stereocenters. The first-order valence-corrected chi connectivity index (χ1v) is 6.79. The molecule has 4 heteroatoms. The van der Waals surface area contributed by atoms with Crippen LogP contribution in [0.2, 0.25) is 0 Å². The van der Waals surface area contributed by atoms with Gasteiger partial charge in [0.1, 0.15) is 5.76 Å². The standard InChI is InChI=1S/C14H22N2O2/c1-3-7-15-12-4-8-16(9-5-12)14(17)13-6-10-18-11(13)2/h6,10,12,15H,3-5,7-9H2,1-2H3. The molecule has 0 unspecified atom stereocenters. The Morgan fingerprint density at radius 1 is 1.50 bits per heavy atom. The molecule has 1 aliphatic heterocycles. The van der Waals surface area contributed by atoms with Crippen molar-refractivity contribution in [3.05, 3.63) is 23.7 Å². The maximum atomic E-state index is 12.2. The minimum atomic E-state index is 0.107. The van der Waals surface area contributed by atoms with Gasteiger partial charge in [0.25, 0.3) is 5.91 Å². The number of rotatable bonds is 4. The summed E-state index contributed by atoms with van der Waals surface area (Å²) in [7, 11) is 0. The van der Waals surface area contributed by atoms with Crippen LogP contribution in [0.3, 0.4) is 0 Å². The number of amides is 1. The molecule has 4 nitrogen and oxygen atoms in total. The molecule has 100 valence electrons. The number of piperidine rings is 1. The van der Waals surface area contributed by atoms with Crippen LogP contribution in [0.1, 0.15) is 42.3 Å². The van der Waals surface area contributed by atoms with Crippen molar-refractivity contribution in [1.29, 1.82) is 0 Å². The number of carbonyl (C=O) groups excluding carboxylic acids is 1. The average molecular weight is 250 g/mol. The molecule has 2 rings (SSSR count). The molecule has 1 fully saturated rings. The molecule has 0 aliphatic carbocycles. The summed E-state index contributed by atoms with van der Waals surface area (Å²) < 4.78 is 5.19. The first-order valence-electron chi connectivity index (χ1n) is 6.79. The second kappa shape index (κ2) is 6.05. The lowest BCUT2D eigenvalue weighted by Crippen LogP contribution is -2.45. The zero-order chi connectivity index (χ0) is 13.0. The highest BCUT2D eigenvalue weighted by atomic mass is 16.3. The monoisotopic (exact) mass is 250 g/mol. The largest absolute Gasteiger partial charge is 0.469 e. The summed E-state index contributed by atoms with van der Waals surface area (Å²) in [5.74, 6) is 0.821. The molecule has 0 bridgehead atoms. The van der Waals surface area contributed by atoms with Crippen LogP contribution in [0.15, 0.2) is 16.7 Å². The van der Waals surface area contributed by atoms with E-state index in [9.17, 15) is 4.79 Å². The first-order chi connectivity index (χ1) is 8.72. The highest BCUT2D eigenvalue weighted by Crippen LogP contribution is 2.16. The molecule has 1 aromatic heterocycles. The summed E-state index contributed by atoms with van der Waals surface area (Å²) in [6, 6.07) is 2.33. The van der Waals surface area contributed by atoms with Crippen molar-refractivity contribution in [3.63, 3.8) is 0 Å². The van der Waals surface area contributed by atoms with Crippen molar-refractivity contribution in [2.45, 2.75) is 39.2 Å². The molecule has 1 aliphatic rings. The van der Waals surface area contributed by atoms with E-state index in [1.165, 1.54) is 0 Å². The summed E-state index contributed by atoms with van der Waals surface area (Å²) in [6.07, 6.45) is 4.83. The van der Waals surface area contributed by atoms with Crippen molar-refractivity contribution in [2.75, 3.05) is 19.6 Å². The lowest BCUT2D eigenvalue weighted by Gasteiger charge is -2.32. The number of nitrogens with one attached hydrogen (secondary N) is 1. The van der Waals surface area contributed by atoms with E-state index in [1.807, 2.05) is 11.8 Å². The minimum absolute atomic E-state index is 0.107. The Morgan fingerprint density at radius 3 is 2.78 bits per heavy atom. The Kier molecular flexibility index (Phi) is 4.42. The predicted molar refractivity (Wildman–Crippen MR) is 70.7 cm³/mol. The molecule has 1 amide bonds. The summed E-state index contributed by atoms with van der Waals surface area (Å²) in [5.41, 5.74) is 0.704. The van der Waals surface area contributed by atoms with E-state index in [0.29, 0.717) is 17.4 Å². The van der Waals surface area contributed by atoms with E-state index >= 15 is 0 Å². The van der Waals surface area contributed by atoms with E-state index in [1.54, 1.807) is 12.3 Å². The zero-order valence-corrected chi connectivity index (χ0v) is 11.2. The van der Waals surface area contributed by atoms with E-state index in [-0.39, 0.29) is 5.91 Å². The Morgan fingerprint density at radius 2 is 2.22 bits per heavy atom. The molecule has 0 aromatic carbocycles. The smallest absolute Gasteiger partial charge is 0.257 e. The average Bonchev–Trinajstić information content (AvgIpc) is 2.82. The van der Waals surface area contributed by atoms with Crippen LogP contribution in [0, 0.1) is 6.92 Å². The number of carbonyl (C=O) groups is 1. The van der Waals surface area contributed by atoms with Crippen molar-refractivity contribution < 1.29 is 9.21 Å². The summed E-state index contributed by atoms with van der Waals surface area (Å²) in [4.78, 5) is 14.2. The van der Waals surface area contributed by atoms with Crippen molar-refractivity contribution >= 4 is 5.91 Å². The van der Waals surface area contributed by atoms with Crippen LogP contribution in [-0.2, 0) is 0 Å². The number of furan rings is 1. The third kappa shape index (κ3) is 2.93. The number of hydrogen-bond donors (Lipinski definition) is 1. The van der Waals surface area contributed by atoms with Gasteiger partial charge in [-0.15, -0.1) is 0 Å². The number of likely N-dealkylation sites (tertiary alicyclic amines) is 1. The quantitative estimate of drug-likeness (QED) is 0.891. The van der Waals surface area contributed by atoms with E-state index in [2.05, 4.69) is 12.2 Å². The van der Waals surface area contributed by atoms with Gasteiger partial charge in [-0.2, -0.15) is 0 Å². The molecule has 1 aromatic rings. The molecule has 0 spiro atoms. The topological polar surface area (TPSA) is 45.5 Å². The van der Waals surface area contributed by atoms with Gasteiger partial charge in [-0.3, -0.25) is 4.79 Å². The fourth-order valence-corrected chi connectivity index (χ4v) is 2.41. The zero-order valence-electron chi connectivity index (χ0n) is 11.2. The minimum Gasteiger partial charge on any atom is -0.469 e. The van der Waals surface area contributed by atoms with Crippen LogP contribution in [0.4, 0.5) is 0 Å². The van der Waals surface area contributed by atoms with Crippen LogP contribution >= 0.6 is 0 Å². The third-order valence-corrected chi connectivity index (χ3v) is 3.55. The van der Waals surface area contributed by atoms with Gasteiger partial charge in [-0.25, -0.2) is 0 Å². The van der Waals surface area contributed by atoms with Gasteiger partial charge in [0.05, 0.1) is 11.8 Å². The van der Waals surface area contributed by atoms with E-state index in [0.717, 1.165) is 38.9 Å². The van der Waals surface area contributed by atoms with Crippen molar-refractivity contribution in [2.24, 2.45) is 0 Å². The van der Waals surface area contributed by atoms with Gasteiger partial charge in [0, 0.05) is 19.1 Å². The van der Waals surface area contributed by atoms with Crippen LogP contribution in [-0.4, -0.2) is 36.5 Å². The second-order valence-electron chi connectivity index (χ2n) is 4.91. The van der Waals surface area contributed by atoms with Gasteiger partial charge < -0.3 is 14.6 Å². The lowest BCUT2D eigenvalue weighted by atomic mass is 10.0.